The van der Waals surface area contributed by atoms with E-state index in [9.17, 15) is 4.79 Å². The number of carbonyl (C=O) groups excluding carboxylic acids is 1. The molecule has 1 aromatic heterocycles. The Balaban J connectivity index is 1.47. The van der Waals surface area contributed by atoms with Gasteiger partial charge < -0.3 is 20.9 Å². The molecule has 0 aliphatic heterocycles. The van der Waals surface area contributed by atoms with E-state index < -0.39 is 0 Å². The van der Waals surface area contributed by atoms with Crippen molar-refractivity contribution in [1.29, 1.82) is 0 Å². The van der Waals surface area contributed by atoms with Gasteiger partial charge in [-0.25, -0.2) is 4.98 Å². The monoisotopic (exact) mass is 452 g/mol. The molecule has 0 radical (unpaired) electrons. The molecular formula is C24H29ClN6O. The zero-order valence-electron chi connectivity index (χ0n) is 18.5. The van der Waals surface area contributed by atoms with E-state index in [0.717, 1.165) is 48.1 Å². The topological polar surface area (TPSA) is 87.4 Å². The standard InChI is InChI=1S/C24H29ClN6O/c1-30(2)23-20-8-3-4-9-21(20)28-24(29-23)27-17-10-12-18(13-11-17)31(15-22(26)32)19-7-5-6-16(25)14-19/h3-9,14,17-18H,10-13,15H2,1-2H3,(H2,26,32)(H,27,28,29). The normalized spacial score (nSPS) is 18.3. The van der Waals surface area contributed by atoms with Crippen LogP contribution in [-0.4, -0.2) is 48.6 Å². The summed E-state index contributed by atoms with van der Waals surface area (Å²) in [5.74, 6) is 1.21. The average molecular weight is 453 g/mol. The number of benzene rings is 2. The molecule has 168 valence electrons. The Hall–Kier alpha value is -3.06. The minimum atomic E-state index is -0.342. The van der Waals surface area contributed by atoms with Crippen LogP contribution in [-0.2, 0) is 4.79 Å². The Kier molecular flexibility index (Phi) is 6.65. The van der Waals surface area contributed by atoms with Crippen LogP contribution in [0.4, 0.5) is 17.5 Å². The van der Waals surface area contributed by atoms with Gasteiger partial charge in [-0.05, 0) is 56.0 Å². The number of hydrogen-bond acceptors (Lipinski definition) is 6. The SMILES string of the molecule is CN(C)c1nc(NC2CCC(N(CC(N)=O)c3cccc(Cl)c3)CC2)nc2ccccc12. The first kappa shape index (κ1) is 22.1. The van der Waals surface area contributed by atoms with E-state index in [1.165, 1.54) is 0 Å². The molecule has 3 aromatic rings. The van der Waals surface area contributed by atoms with Crippen LogP contribution in [0.1, 0.15) is 25.7 Å². The van der Waals surface area contributed by atoms with Crippen LogP contribution in [0.5, 0.6) is 0 Å². The van der Waals surface area contributed by atoms with Gasteiger partial charge in [0.15, 0.2) is 0 Å². The zero-order chi connectivity index (χ0) is 22.7. The number of primary amides is 1. The summed E-state index contributed by atoms with van der Waals surface area (Å²) in [4.78, 5) is 25.3. The van der Waals surface area contributed by atoms with Crippen molar-refractivity contribution in [2.75, 3.05) is 35.8 Å². The van der Waals surface area contributed by atoms with E-state index in [-0.39, 0.29) is 24.5 Å². The maximum atomic E-state index is 11.7. The predicted molar refractivity (Wildman–Crippen MR) is 132 cm³/mol. The lowest BCUT2D eigenvalue weighted by molar-refractivity contribution is -0.116. The Bertz CT molecular complexity index is 1100. The highest BCUT2D eigenvalue weighted by atomic mass is 35.5. The lowest BCUT2D eigenvalue weighted by atomic mass is 9.89. The van der Waals surface area contributed by atoms with Crippen LogP contribution in [0.3, 0.4) is 0 Å². The van der Waals surface area contributed by atoms with Crippen LogP contribution >= 0.6 is 11.6 Å². The Labute approximate surface area is 193 Å². The first-order chi connectivity index (χ1) is 15.4. The number of anilines is 3. The second kappa shape index (κ2) is 9.61. The van der Waals surface area contributed by atoms with Gasteiger partial charge in [-0.3, -0.25) is 4.79 Å². The zero-order valence-corrected chi connectivity index (χ0v) is 19.2. The maximum absolute atomic E-state index is 11.7. The number of rotatable bonds is 7. The highest BCUT2D eigenvalue weighted by Crippen LogP contribution is 2.31. The molecule has 8 heteroatoms. The van der Waals surface area contributed by atoms with E-state index in [1.54, 1.807) is 0 Å². The number of para-hydroxylation sites is 1. The van der Waals surface area contributed by atoms with Crippen LogP contribution in [0.25, 0.3) is 10.9 Å². The van der Waals surface area contributed by atoms with E-state index in [2.05, 4.69) is 10.2 Å². The number of hydrogen-bond donors (Lipinski definition) is 2. The molecule has 1 heterocycles. The first-order valence-corrected chi connectivity index (χ1v) is 11.3. The Morgan fingerprint density at radius 1 is 1.09 bits per heavy atom. The van der Waals surface area contributed by atoms with Crippen LogP contribution in [0.15, 0.2) is 48.5 Å². The van der Waals surface area contributed by atoms with E-state index in [1.807, 2.05) is 67.5 Å². The van der Waals surface area contributed by atoms with E-state index >= 15 is 0 Å². The van der Waals surface area contributed by atoms with Crippen LogP contribution in [0.2, 0.25) is 5.02 Å². The van der Waals surface area contributed by atoms with Gasteiger partial charge in [-0.1, -0.05) is 29.8 Å². The quantitative estimate of drug-likeness (QED) is 0.562. The van der Waals surface area contributed by atoms with Gasteiger partial charge in [0.25, 0.3) is 0 Å². The van der Waals surface area contributed by atoms with Gasteiger partial charge in [0.2, 0.25) is 11.9 Å². The summed E-state index contributed by atoms with van der Waals surface area (Å²) in [7, 11) is 3.99. The molecule has 0 unspecified atom stereocenters. The van der Waals surface area contributed by atoms with Crippen molar-refractivity contribution in [3.8, 4) is 0 Å². The van der Waals surface area contributed by atoms with Crippen molar-refractivity contribution in [2.45, 2.75) is 37.8 Å². The summed E-state index contributed by atoms with van der Waals surface area (Å²) >= 11 is 6.18. The molecule has 0 spiro atoms. The Morgan fingerprint density at radius 2 is 1.84 bits per heavy atom. The second-order valence-electron chi connectivity index (χ2n) is 8.51. The first-order valence-electron chi connectivity index (χ1n) is 10.9. The van der Waals surface area contributed by atoms with Crippen molar-refractivity contribution >= 4 is 45.9 Å². The summed E-state index contributed by atoms with van der Waals surface area (Å²) in [6.07, 6.45) is 3.78. The number of carbonyl (C=O) groups is 1. The molecule has 32 heavy (non-hydrogen) atoms. The van der Waals surface area contributed by atoms with Gasteiger partial charge in [-0.2, -0.15) is 4.98 Å². The summed E-state index contributed by atoms with van der Waals surface area (Å²) in [5.41, 5.74) is 7.40. The third-order valence-corrected chi connectivity index (χ3v) is 6.18. The minimum Gasteiger partial charge on any atom is -0.368 e. The Morgan fingerprint density at radius 3 is 2.53 bits per heavy atom. The molecular weight excluding hydrogens is 424 g/mol. The largest absolute Gasteiger partial charge is 0.368 e. The number of halogens is 1. The highest BCUT2D eigenvalue weighted by Gasteiger charge is 2.28. The molecule has 7 nitrogen and oxygen atoms in total. The smallest absolute Gasteiger partial charge is 0.236 e. The van der Waals surface area contributed by atoms with Crippen LogP contribution in [0, 0.1) is 0 Å². The average Bonchev–Trinajstić information content (AvgIpc) is 2.77. The fourth-order valence-electron chi connectivity index (χ4n) is 4.43. The van der Waals surface area contributed by atoms with E-state index in [4.69, 9.17) is 27.3 Å². The molecule has 1 saturated carbocycles. The summed E-state index contributed by atoms with van der Waals surface area (Å²) < 4.78 is 0. The third-order valence-electron chi connectivity index (χ3n) is 5.94. The van der Waals surface area contributed by atoms with Crippen molar-refractivity contribution in [3.63, 3.8) is 0 Å². The van der Waals surface area contributed by atoms with Gasteiger partial charge in [0.1, 0.15) is 5.82 Å². The van der Waals surface area contributed by atoms with E-state index in [0.29, 0.717) is 11.0 Å². The fraction of sp³-hybridized carbons (Fsp3) is 0.375. The minimum absolute atomic E-state index is 0.184. The molecule has 0 bridgehead atoms. The third kappa shape index (κ3) is 5.05. The molecule has 0 atom stereocenters. The summed E-state index contributed by atoms with van der Waals surface area (Å²) in [6, 6.07) is 16.2. The van der Waals surface area contributed by atoms with Crippen molar-refractivity contribution in [2.24, 2.45) is 5.73 Å². The van der Waals surface area contributed by atoms with Crippen molar-refractivity contribution < 1.29 is 4.79 Å². The molecule has 0 saturated heterocycles. The van der Waals surface area contributed by atoms with Gasteiger partial charge in [0.05, 0.1) is 12.1 Å². The number of fused-ring (bicyclic) bond motifs is 1. The van der Waals surface area contributed by atoms with Gasteiger partial charge in [0, 0.05) is 42.3 Å². The van der Waals surface area contributed by atoms with Crippen molar-refractivity contribution in [3.05, 3.63) is 53.6 Å². The van der Waals surface area contributed by atoms with Gasteiger partial charge in [-0.15, -0.1) is 0 Å². The lowest BCUT2D eigenvalue weighted by Crippen LogP contribution is -2.44. The highest BCUT2D eigenvalue weighted by molar-refractivity contribution is 6.30. The lowest BCUT2D eigenvalue weighted by Gasteiger charge is -2.38. The molecule has 2 aromatic carbocycles. The fourth-order valence-corrected chi connectivity index (χ4v) is 4.62. The molecule has 4 rings (SSSR count). The van der Waals surface area contributed by atoms with Gasteiger partial charge >= 0.3 is 0 Å². The number of amides is 1. The van der Waals surface area contributed by atoms with Crippen LogP contribution < -0.4 is 20.9 Å². The molecule has 1 amide bonds. The molecule has 3 N–H and O–H groups in total. The molecule has 1 aliphatic rings. The maximum Gasteiger partial charge on any atom is 0.236 e. The number of nitrogens with one attached hydrogen (secondary N) is 1. The number of nitrogens with two attached hydrogens (primary N) is 1. The molecule has 1 aliphatic carbocycles. The van der Waals surface area contributed by atoms with Crippen molar-refractivity contribution in [1.82, 2.24) is 9.97 Å². The second-order valence-corrected chi connectivity index (χ2v) is 8.94. The molecule has 1 fully saturated rings. The predicted octanol–water partition coefficient (Wildman–Crippen LogP) is 4.06. The summed E-state index contributed by atoms with van der Waals surface area (Å²) in [6.45, 7) is 0.184. The number of aromatic nitrogens is 2. The number of nitrogens with zero attached hydrogens (tertiary/aromatic N) is 4. The summed E-state index contributed by atoms with van der Waals surface area (Å²) in [5, 5.41) is 5.23.